The Kier molecular flexibility index (Phi) is 4.37. The Hall–Kier alpha value is -1.02. The molecule has 0 N–H and O–H groups in total. The van der Waals surface area contributed by atoms with Crippen LogP contribution in [-0.4, -0.2) is 17.6 Å². The molecule has 2 heteroatoms. The molecule has 62 valence electrons. The normalized spacial score (nSPS) is 11.7. The van der Waals surface area contributed by atoms with Gasteiger partial charge >= 0.3 is 0 Å². The smallest absolute Gasteiger partial charge is 0.126 e. The molecule has 0 fully saturated rings. The quantitative estimate of drug-likeness (QED) is 0.551. The molecule has 4 radical (unpaired) electrons. The minimum atomic E-state index is 0. The van der Waals surface area contributed by atoms with Gasteiger partial charge in [-0.25, -0.2) is 0 Å². The fourth-order valence-electron chi connectivity index (χ4n) is 1.06. The van der Waals surface area contributed by atoms with Gasteiger partial charge in [-0.15, -0.1) is 0 Å². The van der Waals surface area contributed by atoms with E-state index in [1.807, 2.05) is 30.3 Å². The topological polar surface area (TPSA) is 9.23 Å². The van der Waals surface area contributed by atoms with Gasteiger partial charge in [0, 0.05) is 16.5 Å². The van der Waals surface area contributed by atoms with E-state index in [1.165, 1.54) is 5.56 Å². The third-order valence-electron chi connectivity index (χ3n) is 1.55. The van der Waals surface area contributed by atoms with Crippen molar-refractivity contribution < 1.29 is 4.74 Å². The van der Waals surface area contributed by atoms with Crippen LogP contribution in [0.25, 0.3) is 6.08 Å². The summed E-state index contributed by atoms with van der Waals surface area (Å²) in [6.07, 6.45) is 4.10. The van der Waals surface area contributed by atoms with Crippen molar-refractivity contribution in [2.75, 3.05) is 6.61 Å². The fourth-order valence-corrected chi connectivity index (χ4v) is 1.06. The first-order valence-electron chi connectivity index (χ1n) is 3.35. The Balaban J connectivity index is 0.000000605. The van der Waals surface area contributed by atoms with Crippen molar-refractivity contribution in [3.05, 3.63) is 35.9 Å². The minimum absolute atomic E-state index is 0. The lowest BCUT2D eigenvalue weighted by Gasteiger charge is -2.10. The fraction of sp³-hybridized carbons (Fsp3) is 0.200. The standard InChI is InChI=1S/C9H8O.CH4.Si/c1-2-6-9-8(4-1)5-3-7-10-9;;/h1-6H,7H2;1H4;. The molecule has 0 unspecified atom stereocenters. The highest BCUT2D eigenvalue weighted by Crippen LogP contribution is 2.21. The molecule has 0 spiro atoms. The van der Waals surface area contributed by atoms with Crippen LogP contribution in [0.5, 0.6) is 5.75 Å². The van der Waals surface area contributed by atoms with Gasteiger partial charge in [-0.1, -0.05) is 31.7 Å². The molecule has 1 heterocycles. The van der Waals surface area contributed by atoms with Crippen LogP contribution in [0.15, 0.2) is 30.3 Å². The molecule has 2 rings (SSSR count). The summed E-state index contributed by atoms with van der Waals surface area (Å²) >= 11 is 0. The van der Waals surface area contributed by atoms with E-state index in [1.54, 1.807) is 0 Å². The second-order valence-electron chi connectivity index (χ2n) is 2.25. The van der Waals surface area contributed by atoms with Gasteiger partial charge in [-0.05, 0) is 12.1 Å². The molecular formula is C10H12OSi. The molecule has 0 atom stereocenters. The molecule has 12 heavy (non-hydrogen) atoms. The number of ether oxygens (including phenoxy) is 1. The summed E-state index contributed by atoms with van der Waals surface area (Å²) in [4.78, 5) is 0. The maximum absolute atomic E-state index is 5.34. The van der Waals surface area contributed by atoms with Gasteiger partial charge in [0.15, 0.2) is 0 Å². The molecule has 0 saturated carbocycles. The molecule has 1 aliphatic heterocycles. The molecule has 0 amide bonds. The summed E-state index contributed by atoms with van der Waals surface area (Å²) in [5.41, 5.74) is 1.17. The van der Waals surface area contributed by atoms with Crippen LogP contribution in [0.1, 0.15) is 13.0 Å². The lowest BCUT2D eigenvalue weighted by molar-refractivity contribution is 0.358. The highest BCUT2D eigenvalue weighted by molar-refractivity contribution is 5.75. The molecular weight excluding hydrogens is 164 g/mol. The van der Waals surface area contributed by atoms with E-state index in [0.29, 0.717) is 6.61 Å². The van der Waals surface area contributed by atoms with Crippen LogP contribution in [0, 0.1) is 0 Å². The number of benzene rings is 1. The third kappa shape index (κ3) is 1.98. The first kappa shape index (κ1) is 11.0. The lowest BCUT2D eigenvalue weighted by Crippen LogP contribution is -1.98. The average Bonchev–Trinajstić information content (AvgIpc) is 2.05. The van der Waals surface area contributed by atoms with Gasteiger partial charge in [0.25, 0.3) is 0 Å². The first-order chi connectivity index (χ1) is 4.97. The van der Waals surface area contributed by atoms with Crippen LogP contribution in [0.4, 0.5) is 0 Å². The van der Waals surface area contributed by atoms with Crippen LogP contribution in [0.2, 0.25) is 0 Å². The molecule has 1 aliphatic rings. The van der Waals surface area contributed by atoms with Crippen molar-refractivity contribution in [1.29, 1.82) is 0 Å². The van der Waals surface area contributed by atoms with Crippen molar-refractivity contribution in [2.45, 2.75) is 7.43 Å². The second kappa shape index (κ2) is 4.77. The van der Waals surface area contributed by atoms with Crippen LogP contribution in [0.3, 0.4) is 0 Å². The molecule has 0 aliphatic carbocycles. The Labute approximate surface area is 78.1 Å². The SMILES string of the molecule is C.C1=Cc2ccccc2OC1.[Si]. The Morgan fingerprint density at radius 1 is 1.17 bits per heavy atom. The van der Waals surface area contributed by atoms with E-state index in [4.69, 9.17) is 4.74 Å². The van der Waals surface area contributed by atoms with Gasteiger partial charge in [-0.3, -0.25) is 0 Å². The number of hydrogen-bond donors (Lipinski definition) is 0. The van der Waals surface area contributed by atoms with Crippen LogP contribution >= 0.6 is 0 Å². The van der Waals surface area contributed by atoms with Crippen molar-refractivity contribution >= 4 is 17.0 Å². The monoisotopic (exact) mass is 176 g/mol. The average molecular weight is 176 g/mol. The highest BCUT2D eigenvalue weighted by atomic mass is 28.1. The van der Waals surface area contributed by atoms with Gasteiger partial charge < -0.3 is 4.74 Å². The van der Waals surface area contributed by atoms with Crippen molar-refractivity contribution in [3.8, 4) is 5.75 Å². The molecule has 0 saturated heterocycles. The van der Waals surface area contributed by atoms with E-state index in [-0.39, 0.29) is 18.4 Å². The molecule has 0 aromatic heterocycles. The van der Waals surface area contributed by atoms with E-state index in [2.05, 4.69) is 6.08 Å². The third-order valence-corrected chi connectivity index (χ3v) is 1.55. The summed E-state index contributed by atoms with van der Waals surface area (Å²) in [5.74, 6) is 0.991. The molecule has 1 aromatic carbocycles. The number of rotatable bonds is 0. The predicted molar refractivity (Wildman–Crippen MR) is 53.5 cm³/mol. The van der Waals surface area contributed by atoms with E-state index in [0.717, 1.165) is 5.75 Å². The zero-order chi connectivity index (χ0) is 6.81. The van der Waals surface area contributed by atoms with Crippen molar-refractivity contribution in [3.63, 3.8) is 0 Å². The zero-order valence-electron chi connectivity index (χ0n) is 6.08. The largest absolute Gasteiger partial charge is 0.489 e. The maximum atomic E-state index is 5.34. The summed E-state index contributed by atoms with van der Waals surface area (Å²) in [6.45, 7) is 0.705. The molecule has 0 bridgehead atoms. The Bertz CT molecular complexity index is 268. The van der Waals surface area contributed by atoms with Gasteiger partial charge in [0.1, 0.15) is 12.4 Å². The highest BCUT2D eigenvalue weighted by Gasteiger charge is 2.01. The molecule has 1 aromatic rings. The van der Waals surface area contributed by atoms with Crippen molar-refractivity contribution in [2.24, 2.45) is 0 Å². The van der Waals surface area contributed by atoms with Crippen molar-refractivity contribution in [1.82, 2.24) is 0 Å². The summed E-state index contributed by atoms with van der Waals surface area (Å²) in [7, 11) is 0. The minimum Gasteiger partial charge on any atom is -0.489 e. The van der Waals surface area contributed by atoms with Gasteiger partial charge in [-0.2, -0.15) is 0 Å². The van der Waals surface area contributed by atoms with Gasteiger partial charge in [0.05, 0.1) is 0 Å². The number of fused-ring (bicyclic) bond motifs is 1. The summed E-state index contributed by atoms with van der Waals surface area (Å²) in [5, 5.41) is 0. The summed E-state index contributed by atoms with van der Waals surface area (Å²) < 4.78 is 5.34. The van der Waals surface area contributed by atoms with E-state index in [9.17, 15) is 0 Å². The van der Waals surface area contributed by atoms with Crippen LogP contribution < -0.4 is 4.74 Å². The summed E-state index contributed by atoms with van der Waals surface area (Å²) in [6, 6.07) is 8.03. The van der Waals surface area contributed by atoms with Gasteiger partial charge in [0.2, 0.25) is 0 Å². The van der Waals surface area contributed by atoms with Crippen LogP contribution in [-0.2, 0) is 0 Å². The zero-order valence-corrected chi connectivity index (χ0v) is 7.08. The number of para-hydroxylation sites is 1. The van der Waals surface area contributed by atoms with E-state index >= 15 is 0 Å². The van der Waals surface area contributed by atoms with E-state index < -0.39 is 0 Å². The number of hydrogen-bond acceptors (Lipinski definition) is 1. The lowest BCUT2D eigenvalue weighted by atomic mass is 10.1. The maximum Gasteiger partial charge on any atom is 0.126 e. The second-order valence-corrected chi connectivity index (χ2v) is 2.25. The predicted octanol–water partition coefficient (Wildman–Crippen LogP) is 2.35. The molecule has 1 nitrogen and oxygen atoms in total. The Morgan fingerprint density at radius 2 is 1.92 bits per heavy atom. The first-order valence-corrected chi connectivity index (χ1v) is 3.35. The Morgan fingerprint density at radius 3 is 2.67 bits per heavy atom.